The summed E-state index contributed by atoms with van der Waals surface area (Å²) in [4.78, 5) is 23.4. The van der Waals surface area contributed by atoms with Crippen molar-refractivity contribution >= 4 is 11.9 Å². The number of ether oxygens (including phenoxy) is 1. The molecule has 1 aromatic carbocycles. The van der Waals surface area contributed by atoms with Gasteiger partial charge in [0.15, 0.2) is 6.10 Å². The van der Waals surface area contributed by atoms with E-state index < -0.39 is 24.0 Å². The summed E-state index contributed by atoms with van der Waals surface area (Å²) in [5, 5.41) is 9.41. The van der Waals surface area contributed by atoms with Gasteiger partial charge in [0, 0.05) is 0 Å². The Morgan fingerprint density at radius 2 is 1.95 bits per heavy atom. The van der Waals surface area contributed by atoms with Gasteiger partial charge in [0.2, 0.25) is 0 Å². The van der Waals surface area contributed by atoms with E-state index in [1.807, 2.05) is 0 Å². The van der Waals surface area contributed by atoms with E-state index in [1.54, 1.807) is 36.4 Å². The van der Waals surface area contributed by atoms with Gasteiger partial charge in [-0.15, -0.1) is 0 Å². The smallest absolute Gasteiger partial charge is 0.339 e. The standard InChI is InChI=1S/C14H10O5/c15-13(16)11-8-4-1-2-5-9(8)14(17)19-12(11)10-6-3-7-18-10/h1-7,11-12H,(H,15,16). The lowest BCUT2D eigenvalue weighted by atomic mass is 9.86. The van der Waals surface area contributed by atoms with Crippen LogP contribution >= 0.6 is 0 Å². The molecule has 0 radical (unpaired) electrons. The second kappa shape index (κ2) is 4.28. The van der Waals surface area contributed by atoms with Gasteiger partial charge in [-0.2, -0.15) is 0 Å². The summed E-state index contributed by atoms with van der Waals surface area (Å²) in [6.07, 6.45) is 0.484. The molecule has 5 heteroatoms. The molecule has 1 aromatic heterocycles. The van der Waals surface area contributed by atoms with Gasteiger partial charge in [0.05, 0.1) is 11.8 Å². The molecule has 1 aliphatic heterocycles. The predicted octanol–water partition coefficient (Wildman–Crippen LogP) is 2.36. The molecule has 1 N–H and O–H groups in total. The first-order valence-corrected chi connectivity index (χ1v) is 5.74. The predicted molar refractivity (Wildman–Crippen MR) is 63.7 cm³/mol. The minimum atomic E-state index is -1.05. The van der Waals surface area contributed by atoms with Gasteiger partial charge in [0.25, 0.3) is 0 Å². The Kier molecular flexibility index (Phi) is 2.59. The van der Waals surface area contributed by atoms with E-state index in [9.17, 15) is 14.7 Å². The summed E-state index contributed by atoms with van der Waals surface area (Å²) in [6, 6.07) is 9.79. The minimum Gasteiger partial charge on any atom is -0.481 e. The summed E-state index contributed by atoms with van der Waals surface area (Å²) < 4.78 is 10.4. The van der Waals surface area contributed by atoms with Crippen molar-refractivity contribution in [3.8, 4) is 0 Å². The number of cyclic esters (lactones) is 1. The second-order valence-corrected chi connectivity index (χ2v) is 4.24. The number of hydrogen-bond donors (Lipinski definition) is 1. The van der Waals surface area contributed by atoms with Gasteiger partial charge >= 0.3 is 11.9 Å². The minimum absolute atomic E-state index is 0.290. The zero-order chi connectivity index (χ0) is 13.4. The summed E-state index contributed by atoms with van der Waals surface area (Å²) >= 11 is 0. The molecule has 0 bridgehead atoms. The van der Waals surface area contributed by atoms with E-state index in [2.05, 4.69) is 0 Å². The van der Waals surface area contributed by atoms with Crippen molar-refractivity contribution < 1.29 is 23.8 Å². The lowest BCUT2D eigenvalue weighted by Gasteiger charge is -2.28. The molecule has 2 unspecified atom stereocenters. The quantitative estimate of drug-likeness (QED) is 0.837. The van der Waals surface area contributed by atoms with E-state index in [0.717, 1.165) is 0 Å². The highest BCUT2D eigenvalue weighted by atomic mass is 16.6. The maximum Gasteiger partial charge on any atom is 0.339 e. The highest BCUT2D eigenvalue weighted by Crippen LogP contribution is 2.40. The van der Waals surface area contributed by atoms with Crippen molar-refractivity contribution in [3.63, 3.8) is 0 Å². The van der Waals surface area contributed by atoms with E-state index >= 15 is 0 Å². The maximum atomic E-state index is 11.9. The van der Waals surface area contributed by atoms with Crippen LogP contribution in [0.25, 0.3) is 0 Å². The Morgan fingerprint density at radius 1 is 1.16 bits per heavy atom. The molecule has 0 spiro atoms. The van der Waals surface area contributed by atoms with Crippen LogP contribution in [0.4, 0.5) is 0 Å². The van der Waals surface area contributed by atoms with Crippen LogP contribution in [-0.4, -0.2) is 17.0 Å². The molecule has 1 aliphatic rings. The zero-order valence-corrected chi connectivity index (χ0v) is 9.78. The zero-order valence-electron chi connectivity index (χ0n) is 9.78. The fourth-order valence-corrected chi connectivity index (χ4v) is 2.30. The molecule has 2 heterocycles. The van der Waals surface area contributed by atoms with E-state index in [0.29, 0.717) is 11.3 Å². The number of benzene rings is 1. The molecule has 19 heavy (non-hydrogen) atoms. The van der Waals surface area contributed by atoms with E-state index in [1.165, 1.54) is 6.26 Å². The number of carbonyl (C=O) groups is 2. The molecule has 0 saturated carbocycles. The number of hydrogen-bond acceptors (Lipinski definition) is 4. The van der Waals surface area contributed by atoms with Gasteiger partial charge in [-0.05, 0) is 23.8 Å². The van der Waals surface area contributed by atoms with Crippen molar-refractivity contribution in [2.45, 2.75) is 12.0 Å². The highest BCUT2D eigenvalue weighted by molar-refractivity contribution is 5.95. The maximum absolute atomic E-state index is 11.9. The molecule has 0 saturated heterocycles. The van der Waals surface area contributed by atoms with Gasteiger partial charge in [-0.1, -0.05) is 18.2 Å². The van der Waals surface area contributed by atoms with Gasteiger partial charge in [0.1, 0.15) is 11.7 Å². The molecule has 0 fully saturated rings. The SMILES string of the molecule is O=C1OC(c2ccco2)C(C(=O)O)c2ccccc21. The fourth-order valence-electron chi connectivity index (χ4n) is 2.30. The Morgan fingerprint density at radius 3 is 2.63 bits per heavy atom. The van der Waals surface area contributed by atoms with Gasteiger partial charge in [-0.3, -0.25) is 4.79 Å². The molecule has 96 valence electrons. The second-order valence-electron chi connectivity index (χ2n) is 4.24. The number of carboxylic acid groups (broad SMARTS) is 1. The lowest BCUT2D eigenvalue weighted by molar-refractivity contribution is -0.142. The normalized spacial score (nSPS) is 21.6. The average molecular weight is 258 g/mol. The Hall–Kier alpha value is -2.56. The summed E-state index contributed by atoms with van der Waals surface area (Å²) in [5.74, 6) is -2.22. The third-order valence-electron chi connectivity index (χ3n) is 3.14. The number of carboxylic acids is 1. The van der Waals surface area contributed by atoms with Crippen LogP contribution in [0.1, 0.15) is 33.7 Å². The number of aliphatic carboxylic acids is 1. The van der Waals surface area contributed by atoms with E-state index in [4.69, 9.17) is 9.15 Å². The van der Waals surface area contributed by atoms with Crippen LogP contribution < -0.4 is 0 Å². The first kappa shape index (κ1) is 11.5. The molecule has 5 nitrogen and oxygen atoms in total. The molecular formula is C14H10O5. The molecular weight excluding hydrogens is 248 g/mol. The molecule has 2 aromatic rings. The van der Waals surface area contributed by atoms with E-state index in [-0.39, 0.29) is 5.56 Å². The van der Waals surface area contributed by atoms with Crippen molar-refractivity contribution in [1.29, 1.82) is 0 Å². The van der Waals surface area contributed by atoms with Gasteiger partial charge in [-0.25, -0.2) is 4.79 Å². The fraction of sp³-hybridized carbons (Fsp3) is 0.143. The lowest BCUT2D eigenvalue weighted by Crippen LogP contribution is -2.30. The van der Waals surface area contributed by atoms with Crippen molar-refractivity contribution in [3.05, 3.63) is 59.5 Å². The molecule has 3 rings (SSSR count). The summed E-state index contributed by atoms with van der Waals surface area (Å²) in [7, 11) is 0. The average Bonchev–Trinajstić information content (AvgIpc) is 2.92. The van der Waals surface area contributed by atoms with Gasteiger partial charge < -0.3 is 14.3 Å². The number of esters is 1. The number of carbonyl (C=O) groups excluding carboxylic acids is 1. The van der Waals surface area contributed by atoms with Crippen molar-refractivity contribution in [2.75, 3.05) is 0 Å². The number of furan rings is 1. The Balaban J connectivity index is 2.14. The van der Waals surface area contributed by atoms with Crippen LogP contribution in [-0.2, 0) is 9.53 Å². The van der Waals surface area contributed by atoms with Crippen LogP contribution in [0.3, 0.4) is 0 Å². The molecule has 0 aliphatic carbocycles. The molecule has 0 amide bonds. The first-order chi connectivity index (χ1) is 9.18. The summed E-state index contributed by atoms with van der Waals surface area (Å²) in [5.41, 5.74) is 0.741. The topological polar surface area (TPSA) is 76.7 Å². The number of rotatable bonds is 2. The molecule has 2 atom stereocenters. The van der Waals surface area contributed by atoms with Crippen LogP contribution in [0.2, 0.25) is 0 Å². The highest BCUT2D eigenvalue weighted by Gasteiger charge is 2.42. The van der Waals surface area contributed by atoms with Crippen LogP contribution in [0, 0.1) is 0 Å². The first-order valence-electron chi connectivity index (χ1n) is 5.74. The van der Waals surface area contributed by atoms with Crippen LogP contribution in [0.15, 0.2) is 47.1 Å². The van der Waals surface area contributed by atoms with Crippen LogP contribution in [0.5, 0.6) is 0 Å². The monoisotopic (exact) mass is 258 g/mol. The third-order valence-corrected chi connectivity index (χ3v) is 3.14. The Bertz CT molecular complexity index is 629. The van der Waals surface area contributed by atoms with Crippen molar-refractivity contribution in [2.24, 2.45) is 0 Å². The van der Waals surface area contributed by atoms with Crippen molar-refractivity contribution in [1.82, 2.24) is 0 Å². The largest absolute Gasteiger partial charge is 0.481 e. The summed E-state index contributed by atoms with van der Waals surface area (Å²) in [6.45, 7) is 0. The Labute approximate surface area is 108 Å². The third kappa shape index (κ3) is 1.79. The number of fused-ring (bicyclic) bond motifs is 1.